The highest BCUT2D eigenvalue weighted by atomic mass is 16.5. The SMILES string of the molecule is C=CN(C=C)CC1CCOCC1. The third-order valence-corrected chi connectivity index (χ3v) is 2.28. The summed E-state index contributed by atoms with van der Waals surface area (Å²) < 4.78 is 5.28. The van der Waals surface area contributed by atoms with Crippen LogP contribution in [0.25, 0.3) is 0 Å². The van der Waals surface area contributed by atoms with E-state index in [0.29, 0.717) is 0 Å². The standard InChI is InChI=1S/C10H17NO/c1-3-11(4-2)9-10-5-7-12-8-6-10/h3-4,10H,1-2,5-9H2. The van der Waals surface area contributed by atoms with Crippen molar-refractivity contribution in [2.45, 2.75) is 12.8 Å². The molecule has 0 saturated carbocycles. The van der Waals surface area contributed by atoms with E-state index < -0.39 is 0 Å². The maximum atomic E-state index is 5.28. The molecule has 1 rings (SSSR count). The zero-order valence-corrected chi connectivity index (χ0v) is 7.54. The molecule has 0 radical (unpaired) electrons. The van der Waals surface area contributed by atoms with E-state index in [1.807, 2.05) is 17.3 Å². The number of hydrogen-bond donors (Lipinski definition) is 0. The summed E-state index contributed by atoms with van der Waals surface area (Å²) in [5.74, 6) is 0.745. The van der Waals surface area contributed by atoms with Crippen LogP contribution in [-0.4, -0.2) is 24.7 Å². The summed E-state index contributed by atoms with van der Waals surface area (Å²) in [6.07, 6.45) is 5.97. The number of nitrogens with zero attached hydrogens (tertiary/aromatic N) is 1. The first kappa shape index (κ1) is 9.33. The Labute approximate surface area is 74.5 Å². The third kappa shape index (κ3) is 2.70. The summed E-state index contributed by atoms with van der Waals surface area (Å²) in [6, 6.07) is 0. The maximum Gasteiger partial charge on any atom is 0.0469 e. The lowest BCUT2D eigenvalue weighted by Crippen LogP contribution is -2.25. The molecule has 0 aromatic heterocycles. The smallest absolute Gasteiger partial charge is 0.0469 e. The van der Waals surface area contributed by atoms with Crippen LogP contribution < -0.4 is 0 Å². The van der Waals surface area contributed by atoms with Crippen molar-refractivity contribution in [3.05, 3.63) is 25.6 Å². The molecule has 1 aliphatic rings. The molecule has 0 atom stereocenters. The monoisotopic (exact) mass is 167 g/mol. The number of ether oxygens (including phenoxy) is 1. The van der Waals surface area contributed by atoms with Gasteiger partial charge >= 0.3 is 0 Å². The van der Waals surface area contributed by atoms with Crippen LogP contribution in [0.2, 0.25) is 0 Å². The van der Waals surface area contributed by atoms with Gasteiger partial charge in [0.15, 0.2) is 0 Å². The second-order valence-corrected chi connectivity index (χ2v) is 3.12. The topological polar surface area (TPSA) is 12.5 Å². The third-order valence-electron chi connectivity index (χ3n) is 2.28. The van der Waals surface area contributed by atoms with Crippen molar-refractivity contribution in [2.75, 3.05) is 19.8 Å². The quantitative estimate of drug-likeness (QED) is 0.635. The van der Waals surface area contributed by atoms with Gasteiger partial charge in [-0.05, 0) is 31.2 Å². The van der Waals surface area contributed by atoms with Crippen LogP contribution in [-0.2, 0) is 4.74 Å². The zero-order chi connectivity index (χ0) is 8.81. The largest absolute Gasteiger partial charge is 0.381 e. The average Bonchev–Trinajstić information content (AvgIpc) is 2.16. The Hall–Kier alpha value is -0.760. The summed E-state index contributed by atoms with van der Waals surface area (Å²) in [7, 11) is 0. The molecule has 0 aromatic carbocycles. The van der Waals surface area contributed by atoms with Gasteiger partial charge in [-0.2, -0.15) is 0 Å². The molecular weight excluding hydrogens is 150 g/mol. The molecule has 0 spiro atoms. The zero-order valence-electron chi connectivity index (χ0n) is 7.54. The van der Waals surface area contributed by atoms with E-state index in [1.54, 1.807) is 0 Å². The van der Waals surface area contributed by atoms with E-state index >= 15 is 0 Å². The highest BCUT2D eigenvalue weighted by Crippen LogP contribution is 2.15. The van der Waals surface area contributed by atoms with Crippen molar-refractivity contribution in [1.82, 2.24) is 4.90 Å². The van der Waals surface area contributed by atoms with E-state index in [4.69, 9.17) is 4.74 Å². The van der Waals surface area contributed by atoms with Crippen LogP contribution in [0.5, 0.6) is 0 Å². The lowest BCUT2D eigenvalue weighted by molar-refractivity contribution is 0.0612. The number of hydrogen-bond acceptors (Lipinski definition) is 2. The van der Waals surface area contributed by atoms with Gasteiger partial charge in [-0.3, -0.25) is 0 Å². The Kier molecular flexibility index (Phi) is 3.88. The van der Waals surface area contributed by atoms with Gasteiger partial charge in [0.05, 0.1) is 0 Å². The lowest BCUT2D eigenvalue weighted by Gasteiger charge is -2.26. The lowest BCUT2D eigenvalue weighted by atomic mass is 10.00. The van der Waals surface area contributed by atoms with Crippen LogP contribution in [0.4, 0.5) is 0 Å². The van der Waals surface area contributed by atoms with Gasteiger partial charge in [-0.15, -0.1) is 0 Å². The molecule has 0 N–H and O–H groups in total. The molecule has 1 heterocycles. The number of rotatable bonds is 4. The molecule has 1 aliphatic heterocycles. The Bertz CT molecular complexity index is 142. The summed E-state index contributed by atoms with van der Waals surface area (Å²) >= 11 is 0. The van der Waals surface area contributed by atoms with Gasteiger partial charge < -0.3 is 9.64 Å². The highest BCUT2D eigenvalue weighted by Gasteiger charge is 2.14. The molecule has 68 valence electrons. The molecule has 0 unspecified atom stereocenters. The summed E-state index contributed by atoms with van der Waals surface area (Å²) in [5, 5.41) is 0. The van der Waals surface area contributed by atoms with Crippen LogP contribution >= 0.6 is 0 Å². The molecule has 1 saturated heterocycles. The molecule has 0 aromatic rings. The van der Waals surface area contributed by atoms with Gasteiger partial charge in [0.25, 0.3) is 0 Å². The minimum atomic E-state index is 0.745. The van der Waals surface area contributed by atoms with Crippen LogP contribution in [0.3, 0.4) is 0 Å². The molecule has 0 aliphatic carbocycles. The minimum Gasteiger partial charge on any atom is -0.381 e. The minimum absolute atomic E-state index is 0.745. The Morgan fingerprint density at radius 1 is 1.25 bits per heavy atom. The average molecular weight is 167 g/mol. The van der Waals surface area contributed by atoms with E-state index in [-0.39, 0.29) is 0 Å². The second kappa shape index (κ2) is 4.99. The fourth-order valence-electron chi connectivity index (χ4n) is 1.45. The van der Waals surface area contributed by atoms with Crippen molar-refractivity contribution in [1.29, 1.82) is 0 Å². The maximum absolute atomic E-state index is 5.28. The van der Waals surface area contributed by atoms with Crippen molar-refractivity contribution in [2.24, 2.45) is 5.92 Å². The Balaban J connectivity index is 2.27. The fraction of sp³-hybridized carbons (Fsp3) is 0.600. The van der Waals surface area contributed by atoms with E-state index in [1.165, 1.54) is 0 Å². The summed E-state index contributed by atoms with van der Waals surface area (Å²) in [4.78, 5) is 2.04. The highest BCUT2D eigenvalue weighted by molar-refractivity contribution is 4.83. The Morgan fingerprint density at radius 2 is 1.83 bits per heavy atom. The molecular formula is C10H17NO. The first-order valence-corrected chi connectivity index (χ1v) is 4.45. The molecule has 1 fully saturated rings. The molecule has 0 amide bonds. The molecule has 12 heavy (non-hydrogen) atoms. The van der Waals surface area contributed by atoms with Crippen LogP contribution in [0.15, 0.2) is 25.6 Å². The first-order chi connectivity index (χ1) is 5.86. The van der Waals surface area contributed by atoms with Gasteiger partial charge in [0.1, 0.15) is 0 Å². The van der Waals surface area contributed by atoms with Gasteiger partial charge in [0.2, 0.25) is 0 Å². The molecule has 2 nitrogen and oxygen atoms in total. The van der Waals surface area contributed by atoms with E-state index in [2.05, 4.69) is 13.2 Å². The normalized spacial score (nSPS) is 18.7. The predicted molar refractivity (Wildman–Crippen MR) is 50.6 cm³/mol. The molecule has 2 heteroatoms. The fourth-order valence-corrected chi connectivity index (χ4v) is 1.45. The van der Waals surface area contributed by atoms with Gasteiger partial charge in [-0.1, -0.05) is 13.2 Å². The van der Waals surface area contributed by atoms with Gasteiger partial charge in [0, 0.05) is 19.8 Å². The second-order valence-electron chi connectivity index (χ2n) is 3.12. The van der Waals surface area contributed by atoms with E-state index in [9.17, 15) is 0 Å². The first-order valence-electron chi connectivity index (χ1n) is 4.45. The predicted octanol–water partition coefficient (Wildman–Crippen LogP) is 2.00. The van der Waals surface area contributed by atoms with Crippen LogP contribution in [0, 0.1) is 5.92 Å². The molecule has 0 bridgehead atoms. The van der Waals surface area contributed by atoms with Crippen molar-refractivity contribution < 1.29 is 4.74 Å². The van der Waals surface area contributed by atoms with Crippen molar-refractivity contribution in [3.8, 4) is 0 Å². The van der Waals surface area contributed by atoms with Crippen molar-refractivity contribution in [3.63, 3.8) is 0 Å². The van der Waals surface area contributed by atoms with Crippen LogP contribution in [0.1, 0.15) is 12.8 Å². The van der Waals surface area contributed by atoms with Gasteiger partial charge in [-0.25, -0.2) is 0 Å². The summed E-state index contributed by atoms with van der Waals surface area (Å²) in [5.41, 5.74) is 0. The Morgan fingerprint density at radius 3 is 2.33 bits per heavy atom. The van der Waals surface area contributed by atoms with E-state index in [0.717, 1.165) is 38.5 Å². The summed E-state index contributed by atoms with van der Waals surface area (Å²) in [6.45, 7) is 10.3. The van der Waals surface area contributed by atoms with Crippen molar-refractivity contribution >= 4 is 0 Å².